The number of epoxide rings is 2. The van der Waals surface area contributed by atoms with Gasteiger partial charge in [0, 0.05) is 25.2 Å². The number of rotatable bonds is 10. The minimum Gasteiger partial charge on any atom is -0.372 e. The van der Waals surface area contributed by atoms with Gasteiger partial charge in [-0.05, 0) is 69.6 Å². The van der Waals surface area contributed by atoms with Gasteiger partial charge in [0.15, 0.2) is 0 Å². The molecule has 4 rings (SSSR count). The van der Waals surface area contributed by atoms with Crippen molar-refractivity contribution >= 4 is 20.0 Å². The minimum atomic E-state index is -3.20. The van der Waals surface area contributed by atoms with Crippen LogP contribution in [0.15, 0.2) is 0 Å². The highest BCUT2D eigenvalue weighted by atomic mass is 32.2. The second kappa shape index (κ2) is 9.54. The molecule has 0 spiro atoms. The largest absolute Gasteiger partial charge is 0.372 e. The van der Waals surface area contributed by atoms with Gasteiger partial charge in [0.05, 0.1) is 37.9 Å². The third kappa shape index (κ3) is 6.86. The topological polar surface area (TPSA) is 99.8 Å². The zero-order valence-corrected chi connectivity index (χ0v) is 20.4. The third-order valence-corrected chi connectivity index (χ3v) is 10.1. The first-order chi connectivity index (χ1) is 14.6. The van der Waals surface area contributed by atoms with Crippen LogP contribution in [0.25, 0.3) is 0 Å². The molecule has 0 bridgehead atoms. The van der Waals surface area contributed by atoms with Gasteiger partial charge in [-0.2, -0.15) is 8.61 Å². The number of hydrogen-bond donors (Lipinski definition) is 0. The molecule has 8 nitrogen and oxygen atoms in total. The van der Waals surface area contributed by atoms with Gasteiger partial charge in [-0.25, -0.2) is 16.8 Å². The van der Waals surface area contributed by atoms with Crippen LogP contribution in [-0.2, 0) is 29.5 Å². The van der Waals surface area contributed by atoms with Gasteiger partial charge in [-0.15, -0.1) is 0 Å². The molecule has 0 aromatic carbocycles. The molecule has 4 aliphatic rings. The van der Waals surface area contributed by atoms with Crippen molar-refractivity contribution in [2.75, 3.05) is 38.8 Å². The summed E-state index contributed by atoms with van der Waals surface area (Å²) >= 11 is 0. The molecule has 2 saturated carbocycles. The molecule has 2 aliphatic carbocycles. The Labute approximate surface area is 187 Å². The highest BCUT2D eigenvalue weighted by molar-refractivity contribution is 7.88. The molecule has 180 valence electrons. The first-order valence-corrected chi connectivity index (χ1v) is 15.5. The lowest BCUT2D eigenvalue weighted by Crippen LogP contribution is -2.44. The van der Waals surface area contributed by atoms with Gasteiger partial charge in [-0.1, -0.05) is 0 Å². The average molecular weight is 479 g/mol. The van der Waals surface area contributed by atoms with Crippen LogP contribution < -0.4 is 0 Å². The summed E-state index contributed by atoms with van der Waals surface area (Å²) in [6.45, 7) is 2.35. The summed E-state index contributed by atoms with van der Waals surface area (Å²) < 4.78 is 62.8. The minimum absolute atomic E-state index is 0.0839. The fourth-order valence-electron chi connectivity index (χ4n) is 5.67. The number of ether oxygens (including phenoxy) is 2. The van der Waals surface area contributed by atoms with Crippen LogP contribution in [0.2, 0.25) is 0 Å². The van der Waals surface area contributed by atoms with E-state index >= 15 is 0 Å². The van der Waals surface area contributed by atoms with Crippen molar-refractivity contribution in [2.24, 2.45) is 11.8 Å². The maximum absolute atomic E-state index is 12.2. The Bertz CT molecular complexity index is 741. The summed E-state index contributed by atoms with van der Waals surface area (Å²) in [5.41, 5.74) is 0. The molecule has 2 aliphatic heterocycles. The maximum Gasteiger partial charge on any atom is 0.211 e. The van der Waals surface area contributed by atoms with Gasteiger partial charge in [-0.3, -0.25) is 0 Å². The van der Waals surface area contributed by atoms with Crippen LogP contribution in [0.4, 0.5) is 0 Å². The molecule has 2 unspecified atom stereocenters. The van der Waals surface area contributed by atoms with Crippen LogP contribution >= 0.6 is 0 Å². The van der Waals surface area contributed by atoms with Crippen LogP contribution in [0, 0.1) is 11.8 Å². The van der Waals surface area contributed by atoms with Crippen molar-refractivity contribution in [3.63, 3.8) is 0 Å². The van der Waals surface area contributed by atoms with E-state index in [-0.39, 0.29) is 24.3 Å². The average Bonchev–Trinajstić information content (AvgIpc) is 3.60. The molecular weight excluding hydrogens is 440 g/mol. The van der Waals surface area contributed by atoms with Crippen LogP contribution in [0.5, 0.6) is 0 Å². The number of nitrogens with zero attached hydrogens (tertiary/aromatic N) is 2. The summed E-state index contributed by atoms with van der Waals surface area (Å²) in [5, 5.41) is 0. The monoisotopic (exact) mass is 478 g/mol. The van der Waals surface area contributed by atoms with Crippen LogP contribution in [0.3, 0.4) is 0 Å². The third-order valence-electron chi connectivity index (χ3n) is 7.54. The molecule has 10 heteroatoms. The summed E-state index contributed by atoms with van der Waals surface area (Å²) in [6, 6.07) is 0.221. The van der Waals surface area contributed by atoms with Crippen molar-refractivity contribution in [1.82, 2.24) is 8.61 Å². The van der Waals surface area contributed by atoms with E-state index in [4.69, 9.17) is 9.47 Å². The zero-order chi connectivity index (χ0) is 22.2. The van der Waals surface area contributed by atoms with E-state index in [1.807, 2.05) is 0 Å². The number of hydrogen-bond acceptors (Lipinski definition) is 6. The van der Waals surface area contributed by atoms with Gasteiger partial charge in [0.2, 0.25) is 20.0 Å². The van der Waals surface area contributed by atoms with Crippen molar-refractivity contribution in [1.29, 1.82) is 0 Å². The Balaban J connectivity index is 1.22. The lowest BCUT2D eigenvalue weighted by Gasteiger charge is -2.38. The van der Waals surface area contributed by atoms with Crippen molar-refractivity contribution in [3.05, 3.63) is 0 Å². The normalized spacial score (nSPS) is 36.6. The van der Waals surface area contributed by atoms with E-state index in [0.717, 1.165) is 51.4 Å². The Morgan fingerprint density at radius 3 is 1.23 bits per heavy atom. The van der Waals surface area contributed by atoms with E-state index < -0.39 is 20.0 Å². The van der Waals surface area contributed by atoms with Crippen LogP contribution in [-0.4, -0.2) is 88.6 Å². The van der Waals surface area contributed by atoms with Gasteiger partial charge < -0.3 is 9.47 Å². The van der Waals surface area contributed by atoms with Gasteiger partial charge >= 0.3 is 0 Å². The van der Waals surface area contributed by atoms with Crippen molar-refractivity contribution in [3.8, 4) is 0 Å². The van der Waals surface area contributed by atoms with E-state index in [2.05, 4.69) is 0 Å². The van der Waals surface area contributed by atoms with E-state index in [1.54, 1.807) is 8.61 Å². The van der Waals surface area contributed by atoms with Gasteiger partial charge in [0.1, 0.15) is 0 Å². The zero-order valence-electron chi connectivity index (χ0n) is 18.8. The predicted molar refractivity (Wildman–Crippen MR) is 119 cm³/mol. The first-order valence-electron chi connectivity index (χ1n) is 11.8. The molecule has 0 aromatic rings. The number of sulfonamides is 2. The lowest BCUT2D eigenvalue weighted by atomic mass is 9.75. The molecule has 31 heavy (non-hydrogen) atoms. The SMILES string of the molecule is CS(=O)(=O)N(CC1CO1)C1CCC(CC2CCC(N(CC3CO3)S(C)(=O)=O)CC2)CC1. The van der Waals surface area contributed by atoms with Gasteiger partial charge in [0.25, 0.3) is 0 Å². The predicted octanol–water partition coefficient (Wildman–Crippen LogP) is 1.81. The Morgan fingerprint density at radius 1 is 0.645 bits per heavy atom. The Hall–Kier alpha value is -0.260. The van der Waals surface area contributed by atoms with Crippen molar-refractivity contribution < 1.29 is 26.3 Å². The molecule has 0 amide bonds. The van der Waals surface area contributed by atoms with Crippen molar-refractivity contribution in [2.45, 2.75) is 82.1 Å². The highest BCUT2D eigenvalue weighted by Gasteiger charge is 2.38. The molecule has 2 atom stereocenters. The quantitative estimate of drug-likeness (QED) is 0.444. The summed E-state index contributed by atoms with van der Waals surface area (Å²) in [7, 11) is -6.41. The molecule has 0 N–H and O–H groups in total. The van der Waals surface area contributed by atoms with E-state index in [0.29, 0.717) is 38.1 Å². The highest BCUT2D eigenvalue weighted by Crippen LogP contribution is 2.38. The maximum atomic E-state index is 12.2. The van der Waals surface area contributed by atoms with Crippen LogP contribution in [0.1, 0.15) is 57.8 Å². The molecular formula is C21H38N2O6S2. The first kappa shape index (κ1) is 23.9. The second-order valence-electron chi connectivity index (χ2n) is 10.2. The molecule has 4 fully saturated rings. The molecule has 0 aromatic heterocycles. The Kier molecular flexibility index (Phi) is 7.35. The molecule has 2 saturated heterocycles. The standard InChI is InChI=1S/C21H38N2O6S2/c1-30(24,25)22(12-20-14-28-20)18-7-3-16(4-8-18)11-17-5-9-19(10-6-17)23(31(2,26)27)13-21-15-29-21/h16-21H,3-15H2,1-2H3. The fourth-order valence-corrected chi connectivity index (χ4v) is 8.05. The fraction of sp³-hybridized carbons (Fsp3) is 1.00. The lowest BCUT2D eigenvalue weighted by molar-refractivity contribution is 0.156. The summed E-state index contributed by atoms with van der Waals surface area (Å²) in [5.74, 6) is 1.31. The Morgan fingerprint density at radius 2 is 0.968 bits per heavy atom. The smallest absolute Gasteiger partial charge is 0.211 e. The molecule has 2 heterocycles. The summed E-state index contributed by atoms with van der Waals surface area (Å²) in [4.78, 5) is 0. The molecule has 0 radical (unpaired) electrons. The van der Waals surface area contributed by atoms with E-state index in [9.17, 15) is 16.8 Å². The summed E-state index contributed by atoms with van der Waals surface area (Å²) in [6.07, 6.45) is 12.0. The second-order valence-corrected chi connectivity index (χ2v) is 14.0. The van der Waals surface area contributed by atoms with E-state index in [1.165, 1.54) is 18.9 Å².